The van der Waals surface area contributed by atoms with Crippen molar-refractivity contribution in [2.45, 2.75) is 6.92 Å². The molecule has 0 fully saturated rings. The fraction of sp³-hybridized carbons (Fsp3) is 0.250. The van der Waals surface area contributed by atoms with Gasteiger partial charge in [-0.15, -0.1) is 0 Å². The molecule has 2 rings (SSSR count). The lowest BCUT2D eigenvalue weighted by Gasteiger charge is -2.08. The van der Waals surface area contributed by atoms with Gasteiger partial charge in [-0.2, -0.15) is 0 Å². The predicted molar refractivity (Wildman–Crippen MR) is 87.9 cm³/mol. The van der Waals surface area contributed by atoms with Gasteiger partial charge in [0.15, 0.2) is 0 Å². The highest BCUT2D eigenvalue weighted by Crippen LogP contribution is 2.22. The summed E-state index contributed by atoms with van der Waals surface area (Å²) in [7, 11) is 1.59. The lowest BCUT2D eigenvalue weighted by Crippen LogP contribution is -2.27. The molecule has 0 aliphatic carbocycles. The summed E-state index contributed by atoms with van der Waals surface area (Å²) >= 11 is 6.09. The van der Waals surface area contributed by atoms with E-state index in [0.29, 0.717) is 23.9 Å². The average molecular weight is 320 g/mol. The van der Waals surface area contributed by atoms with Crippen molar-refractivity contribution in [3.63, 3.8) is 0 Å². The first-order valence-corrected chi connectivity index (χ1v) is 7.24. The number of carbonyl (C=O) groups excluding carboxylic acids is 1. The van der Waals surface area contributed by atoms with Gasteiger partial charge in [-0.05, 0) is 36.8 Å². The molecule has 0 saturated heterocycles. The van der Waals surface area contributed by atoms with E-state index in [9.17, 15) is 4.79 Å². The highest BCUT2D eigenvalue weighted by molar-refractivity contribution is 6.31. The van der Waals surface area contributed by atoms with E-state index in [1.54, 1.807) is 25.4 Å². The number of methoxy groups -OCH3 is 1. The molecule has 0 aliphatic rings. The fourth-order valence-electron chi connectivity index (χ4n) is 1.80. The van der Waals surface area contributed by atoms with Gasteiger partial charge in [-0.25, -0.2) is 4.98 Å². The molecule has 0 bridgehead atoms. The van der Waals surface area contributed by atoms with Gasteiger partial charge in [0.1, 0.15) is 5.69 Å². The van der Waals surface area contributed by atoms with E-state index in [0.717, 1.165) is 16.9 Å². The molecule has 2 N–H and O–H groups in total. The zero-order chi connectivity index (χ0) is 15.9. The van der Waals surface area contributed by atoms with Gasteiger partial charge in [0, 0.05) is 24.4 Å². The molecule has 1 amide bonds. The van der Waals surface area contributed by atoms with Crippen LogP contribution in [0.1, 0.15) is 16.1 Å². The Morgan fingerprint density at radius 3 is 2.68 bits per heavy atom. The molecule has 22 heavy (non-hydrogen) atoms. The Labute approximate surface area is 134 Å². The molecule has 5 nitrogen and oxygen atoms in total. The largest absolute Gasteiger partial charge is 0.383 e. The van der Waals surface area contributed by atoms with Crippen LogP contribution in [0, 0.1) is 6.92 Å². The van der Waals surface area contributed by atoms with Gasteiger partial charge >= 0.3 is 0 Å². The number of rotatable bonds is 6. The smallest absolute Gasteiger partial charge is 0.269 e. The van der Waals surface area contributed by atoms with Crippen LogP contribution in [0.4, 0.5) is 11.4 Å². The maximum absolute atomic E-state index is 11.8. The van der Waals surface area contributed by atoms with Gasteiger partial charge in [0.25, 0.3) is 5.91 Å². The standard InChI is InChI=1S/C16H18ClN3O2/c1-11-3-4-12(9-14(11)17)20-13-5-6-15(19-10-13)16(21)18-7-8-22-2/h3-6,9-10,20H,7-8H2,1-2H3,(H,18,21). The normalized spacial score (nSPS) is 10.3. The Balaban J connectivity index is 1.99. The second kappa shape index (κ2) is 7.77. The summed E-state index contributed by atoms with van der Waals surface area (Å²) in [6.45, 7) is 2.88. The first kappa shape index (κ1) is 16.3. The van der Waals surface area contributed by atoms with Crippen LogP contribution < -0.4 is 10.6 Å². The van der Waals surface area contributed by atoms with Crippen LogP contribution in [0.15, 0.2) is 36.5 Å². The maximum Gasteiger partial charge on any atom is 0.269 e. The first-order chi connectivity index (χ1) is 10.6. The lowest BCUT2D eigenvalue weighted by atomic mass is 10.2. The van der Waals surface area contributed by atoms with Crippen LogP contribution in [0.2, 0.25) is 5.02 Å². The molecule has 0 atom stereocenters. The van der Waals surface area contributed by atoms with Crippen LogP contribution in [0.3, 0.4) is 0 Å². The molecular formula is C16H18ClN3O2. The van der Waals surface area contributed by atoms with Crippen LogP contribution >= 0.6 is 11.6 Å². The molecule has 1 heterocycles. The van der Waals surface area contributed by atoms with Crippen LogP contribution in [0.5, 0.6) is 0 Å². The number of aromatic nitrogens is 1. The number of halogens is 1. The Hall–Kier alpha value is -2.11. The number of hydrogen-bond donors (Lipinski definition) is 2. The number of anilines is 2. The molecule has 0 spiro atoms. The molecular weight excluding hydrogens is 302 g/mol. The Bertz CT molecular complexity index is 644. The monoisotopic (exact) mass is 319 g/mol. The minimum Gasteiger partial charge on any atom is -0.383 e. The summed E-state index contributed by atoms with van der Waals surface area (Å²) < 4.78 is 4.88. The number of aryl methyl sites for hydroxylation is 1. The number of amides is 1. The van der Waals surface area contributed by atoms with Gasteiger partial charge in [-0.1, -0.05) is 17.7 Å². The average Bonchev–Trinajstić information content (AvgIpc) is 2.52. The number of benzene rings is 1. The zero-order valence-electron chi connectivity index (χ0n) is 12.5. The van der Waals surface area contributed by atoms with Crippen LogP contribution in [-0.2, 0) is 4.74 Å². The summed E-state index contributed by atoms with van der Waals surface area (Å²) in [5, 5.41) is 6.61. The van der Waals surface area contributed by atoms with Crippen LogP contribution in [-0.4, -0.2) is 31.2 Å². The SMILES string of the molecule is COCCNC(=O)c1ccc(Nc2ccc(C)c(Cl)c2)cn1. The van der Waals surface area contributed by atoms with Gasteiger partial charge in [0.2, 0.25) is 0 Å². The maximum atomic E-state index is 11.8. The number of hydrogen-bond acceptors (Lipinski definition) is 4. The number of carbonyl (C=O) groups is 1. The highest BCUT2D eigenvalue weighted by Gasteiger charge is 2.06. The van der Waals surface area contributed by atoms with Crippen molar-refractivity contribution in [2.24, 2.45) is 0 Å². The first-order valence-electron chi connectivity index (χ1n) is 6.86. The molecule has 2 aromatic rings. The van der Waals surface area contributed by atoms with E-state index in [-0.39, 0.29) is 5.91 Å². The summed E-state index contributed by atoms with van der Waals surface area (Å²) in [5.41, 5.74) is 3.04. The van der Waals surface area contributed by atoms with E-state index in [4.69, 9.17) is 16.3 Å². The second-order valence-electron chi connectivity index (χ2n) is 4.77. The van der Waals surface area contributed by atoms with Crippen molar-refractivity contribution < 1.29 is 9.53 Å². The number of pyridine rings is 1. The Kier molecular flexibility index (Phi) is 5.75. The van der Waals surface area contributed by atoms with Crippen molar-refractivity contribution in [1.82, 2.24) is 10.3 Å². The van der Waals surface area contributed by atoms with Gasteiger partial charge in [-0.3, -0.25) is 4.79 Å². The molecule has 0 saturated carbocycles. The number of ether oxygens (including phenoxy) is 1. The Morgan fingerprint density at radius 1 is 1.27 bits per heavy atom. The fourth-order valence-corrected chi connectivity index (χ4v) is 1.98. The third-order valence-electron chi connectivity index (χ3n) is 3.05. The summed E-state index contributed by atoms with van der Waals surface area (Å²) in [5.74, 6) is -0.220. The van der Waals surface area contributed by atoms with E-state index in [1.165, 1.54) is 0 Å². The van der Waals surface area contributed by atoms with E-state index in [2.05, 4.69) is 15.6 Å². The van der Waals surface area contributed by atoms with Crippen molar-refractivity contribution in [3.8, 4) is 0 Å². The molecule has 0 radical (unpaired) electrons. The topological polar surface area (TPSA) is 63.2 Å². The van der Waals surface area contributed by atoms with Crippen molar-refractivity contribution in [1.29, 1.82) is 0 Å². The molecule has 1 aromatic heterocycles. The van der Waals surface area contributed by atoms with Crippen molar-refractivity contribution >= 4 is 28.9 Å². The summed E-state index contributed by atoms with van der Waals surface area (Å²) in [4.78, 5) is 15.9. The van der Waals surface area contributed by atoms with Crippen LogP contribution in [0.25, 0.3) is 0 Å². The molecule has 0 unspecified atom stereocenters. The number of nitrogens with zero attached hydrogens (tertiary/aromatic N) is 1. The molecule has 116 valence electrons. The minimum absolute atomic E-state index is 0.220. The third-order valence-corrected chi connectivity index (χ3v) is 3.46. The minimum atomic E-state index is -0.220. The van der Waals surface area contributed by atoms with Gasteiger partial charge < -0.3 is 15.4 Å². The number of nitrogens with one attached hydrogen (secondary N) is 2. The lowest BCUT2D eigenvalue weighted by molar-refractivity contribution is 0.0932. The zero-order valence-corrected chi connectivity index (χ0v) is 13.3. The highest BCUT2D eigenvalue weighted by atomic mass is 35.5. The van der Waals surface area contributed by atoms with Crippen molar-refractivity contribution in [3.05, 3.63) is 52.8 Å². The molecule has 6 heteroatoms. The second-order valence-corrected chi connectivity index (χ2v) is 5.18. The van der Waals surface area contributed by atoms with E-state index >= 15 is 0 Å². The molecule has 0 aliphatic heterocycles. The Morgan fingerprint density at radius 2 is 2.05 bits per heavy atom. The quantitative estimate of drug-likeness (QED) is 0.803. The van der Waals surface area contributed by atoms with Gasteiger partial charge in [0.05, 0.1) is 18.5 Å². The summed E-state index contributed by atoms with van der Waals surface area (Å²) in [6.07, 6.45) is 1.61. The third kappa shape index (κ3) is 4.44. The van der Waals surface area contributed by atoms with Crippen molar-refractivity contribution in [2.75, 3.05) is 25.6 Å². The van der Waals surface area contributed by atoms with E-state index in [1.807, 2.05) is 25.1 Å². The van der Waals surface area contributed by atoms with E-state index < -0.39 is 0 Å². The molecule has 1 aromatic carbocycles. The summed E-state index contributed by atoms with van der Waals surface area (Å²) in [6, 6.07) is 9.19. The predicted octanol–water partition coefficient (Wildman–Crippen LogP) is 3.16.